The highest BCUT2D eigenvalue weighted by atomic mass is 35.5. The summed E-state index contributed by atoms with van der Waals surface area (Å²) >= 11 is 6.28. The highest BCUT2D eigenvalue weighted by Gasteiger charge is 2.26. The summed E-state index contributed by atoms with van der Waals surface area (Å²) < 4.78 is 25.8. The normalized spacial score (nSPS) is 18.0. The van der Waals surface area contributed by atoms with Gasteiger partial charge >= 0.3 is 0 Å². The van der Waals surface area contributed by atoms with Gasteiger partial charge in [0.15, 0.2) is 0 Å². The van der Waals surface area contributed by atoms with E-state index in [-0.39, 0.29) is 22.7 Å². The topological polar surface area (TPSA) is 66.5 Å². The lowest BCUT2D eigenvalue weighted by atomic mass is 10.0. The fraction of sp³-hybridized carbons (Fsp3) is 0.632. The van der Waals surface area contributed by atoms with Gasteiger partial charge in [0.1, 0.15) is 0 Å². The zero-order valence-corrected chi connectivity index (χ0v) is 17.4. The first-order chi connectivity index (χ1) is 12.2. The lowest BCUT2D eigenvalue weighted by Gasteiger charge is -2.28. The van der Waals surface area contributed by atoms with Crippen LogP contribution in [0.25, 0.3) is 0 Å². The van der Waals surface area contributed by atoms with E-state index in [0.29, 0.717) is 30.1 Å². The number of halogens is 1. The number of carbonyl (C=O) groups excluding carboxylic acids is 1. The van der Waals surface area contributed by atoms with Gasteiger partial charge in [-0.05, 0) is 50.3 Å². The van der Waals surface area contributed by atoms with Gasteiger partial charge < -0.3 is 5.32 Å². The summed E-state index contributed by atoms with van der Waals surface area (Å²) in [6.07, 6.45) is 4.64. The van der Waals surface area contributed by atoms with E-state index in [2.05, 4.69) is 19.2 Å². The van der Waals surface area contributed by atoms with E-state index in [4.69, 9.17) is 11.6 Å². The van der Waals surface area contributed by atoms with Crippen molar-refractivity contribution in [1.82, 2.24) is 5.32 Å². The molecule has 26 heavy (non-hydrogen) atoms. The Kier molecular flexibility index (Phi) is 7.35. The van der Waals surface area contributed by atoms with Crippen LogP contribution in [0.5, 0.6) is 0 Å². The number of nitrogens with one attached hydrogen (secondary N) is 1. The SMILES string of the molecule is CC(C)CCCC(C)NC(=O)c1ccc(N2CCCCS2(=O)=O)cc1Cl. The van der Waals surface area contributed by atoms with E-state index in [1.807, 2.05) is 6.92 Å². The number of amides is 1. The summed E-state index contributed by atoms with van der Waals surface area (Å²) in [5, 5.41) is 3.24. The molecule has 0 spiro atoms. The molecule has 0 aromatic heterocycles. The molecule has 1 aromatic carbocycles. The molecule has 146 valence electrons. The number of rotatable bonds is 7. The summed E-state index contributed by atoms with van der Waals surface area (Å²) in [6.45, 7) is 6.82. The van der Waals surface area contributed by atoms with Crippen LogP contribution in [-0.2, 0) is 10.0 Å². The van der Waals surface area contributed by atoms with Crippen LogP contribution in [0, 0.1) is 5.92 Å². The van der Waals surface area contributed by atoms with E-state index < -0.39 is 10.0 Å². The van der Waals surface area contributed by atoms with Crippen LogP contribution in [0.2, 0.25) is 5.02 Å². The predicted octanol–water partition coefficient (Wildman–Crippen LogP) is 4.21. The summed E-state index contributed by atoms with van der Waals surface area (Å²) in [5.74, 6) is 0.590. The van der Waals surface area contributed by atoms with Crippen molar-refractivity contribution < 1.29 is 13.2 Å². The summed E-state index contributed by atoms with van der Waals surface area (Å²) in [5.41, 5.74) is 0.900. The molecule has 1 atom stereocenters. The molecule has 7 heteroatoms. The summed E-state index contributed by atoms with van der Waals surface area (Å²) in [6, 6.07) is 4.91. The van der Waals surface area contributed by atoms with Crippen LogP contribution in [0.1, 0.15) is 63.2 Å². The minimum Gasteiger partial charge on any atom is -0.350 e. The number of hydrogen-bond donors (Lipinski definition) is 1. The lowest BCUT2D eigenvalue weighted by Crippen LogP contribution is -2.38. The molecule has 1 unspecified atom stereocenters. The van der Waals surface area contributed by atoms with Crippen LogP contribution < -0.4 is 9.62 Å². The zero-order valence-electron chi connectivity index (χ0n) is 15.8. The van der Waals surface area contributed by atoms with Crippen molar-refractivity contribution in [1.29, 1.82) is 0 Å². The molecule has 1 aromatic rings. The summed E-state index contributed by atoms with van der Waals surface area (Å²) in [7, 11) is -3.29. The van der Waals surface area contributed by atoms with E-state index >= 15 is 0 Å². The van der Waals surface area contributed by atoms with E-state index in [1.165, 1.54) is 4.31 Å². The number of sulfonamides is 1. The molecule has 2 rings (SSSR count). The molecule has 1 N–H and O–H groups in total. The smallest absolute Gasteiger partial charge is 0.253 e. The maximum atomic E-state index is 12.5. The Labute approximate surface area is 162 Å². The standard InChI is InChI=1S/C19H29ClN2O3S/c1-14(2)7-6-8-15(3)21-19(23)17-10-9-16(13-18(17)20)22-11-4-5-12-26(22,24)25/h9-10,13-15H,4-8,11-12H2,1-3H3,(H,21,23). The molecule has 1 fully saturated rings. The molecule has 0 aliphatic carbocycles. The third-order valence-corrected chi connectivity index (χ3v) is 6.81. The highest BCUT2D eigenvalue weighted by molar-refractivity contribution is 7.92. The van der Waals surface area contributed by atoms with E-state index in [1.54, 1.807) is 18.2 Å². The third-order valence-electron chi connectivity index (χ3n) is 4.63. The summed E-state index contributed by atoms with van der Waals surface area (Å²) in [4.78, 5) is 12.5. The van der Waals surface area contributed by atoms with Crippen molar-refractivity contribution in [2.45, 2.75) is 58.9 Å². The molecule has 5 nitrogen and oxygen atoms in total. The predicted molar refractivity (Wildman–Crippen MR) is 107 cm³/mol. The number of hydrogen-bond acceptors (Lipinski definition) is 3. The van der Waals surface area contributed by atoms with Crippen molar-refractivity contribution in [3.63, 3.8) is 0 Å². The fourth-order valence-corrected chi connectivity index (χ4v) is 5.02. The van der Waals surface area contributed by atoms with Gasteiger partial charge in [0.05, 0.1) is 22.0 Å². The molecule has 1 heterocycles. The van der Waals surface area contributed by atoms with Gasteiger partial charge in [-0.3, -0.25) is 9.10 Å². The Hall–Kier alpha value is -1.27. The first-order valence-corrected chi connectivity index (χ1v) is 11.3. The molecular weight excluding hydrogens is 372 g/mol. The molecule has 1 amide bonds. The van der Waals surface area contributed by atoms with Crippen LogP contribution >= 0.6 is 11.6 Å². The van der Waals surface area contributed by atoms with Gasteiger partial charge in [-0.25, -0.2) is 8.42 Å². The average Bonchev–Trinajstić information content (AvgIpc) is 2.53. The Bertz CT molecular complexity index is 734. The average molecular weight is 401 g/mol. The first-order valence-electron chi connectivity index (χ1n) is 9.31. The van der Waals surface area contributed by atoms with Crippen molar-refractivity contribution in [2.75, 3.05) is 16.6 Å². The maximum Gasteiger partial charge on any atom is 0.253 e. The minimum atomic E-state index is -3.29. The monoisotopic (exact) mass is 400 g/mol. The van der Waals surface area contributed by atoms with Crippen LogP contribution in [0.4, 0.5) is 5.69 Å². The number of anilines is 1. The Morgan fingerprint density at radius 3 is 2.58 bits per heavy atom. The van der Waals surface area contributed by atoms with Crippen LogP contribution in [-0.4, -0.2) is 32.7 Å². The minimum absolute atomic E-state index is 0.0689. The van der Waals surface area contributed by atoms with Crippen LogP contribution in [0.15, 0.2) is 18.2 Å². The van der Waals surface area contributed by atoms with E-state index in [0.717, 1.165) is 25.7 Å². The van der Waals surface area contributed by atoms with Gasteiger partial charge in [-0.15, -0.1) is 0 Å². The molecule has 1 aliphatic heterocycles. The van der Waals surface area contributed by atoms with Crippen molar-refractivity contribution in [2.24, 2.45) is 5.92 Å². The molecular formula is C19H29ClN2O3S. The molecule has 1 saturated heterocycles. The lowest BCUT2D eigenvalue weighted by molar-refractivity contribution is 0.0938. The van der Waals surface area contributed by atoms with Gasteiger partial charge in [0.2, 0.25) is 10.0 Å². The van der Waals surface area contributed by atoms with E-state index in [9.17, 15) is 13.2 Å². The van der Waals surface area contributed by atoms with Gasteiger partial charge in [0, 0.05) is 12.6 Å². The van der Waals surface area contributed by atoms with Crippen molar-refractivity contribution in [3.05, 3.63) is 28.8 Å². The molecule has 0 radical (unpaired) electrons. The molecule has 0 saturated carbocycles. The maximum absolute atomic E-state index is 12.5. The van der Waals surface area contributed by atoms with Crippen molar-refractivity contribution >= 4 is 33.2 Å². The van der Waals surface area contributed by atoms with Gasteiger partial charge in [-0.1, -0.05) is 38.3 Å². The number of nitrogens with zero attached hydrogens (tertiary/aromatic N) is 1. The second-order valence-corrected chi connectivity index (χ2v) is 9.88. The number of carbonyl (C=O) groups is 1. The van der Waals surface area contributed by atoms with Gasteiger partial charge in [0.25, 0.3) is 5.91 Å². The Balaban J connectivity index is 2.03. The fourth-order valence-electron chi connectivity index (χ4n) is 3.13. The largest absolute Gasteiger partial charge is 0.350 e. The van der Waals surface area contributed by atoms with Crippen LogP contribution in [0.3, 0.4) is 0 Å². The Morgan fingerprint density at radius 1 is 1.23 bits per heavy atom. The molecule has 0 bridgehead atoms. The first kappa shape index (κ1) is 21.0. The quantitative estimate of drug-likeness (QED) is 0.745. The number of benzene rings is 1. The van der Waals surface area contributed by atoms with Crippen molar-refractivity contribution in [3.8, 4) is 0 Å². The zero-order chi connectivity index (χ0) is 19.3. The Morgan fingerprint density at radius 2 is 1.96 bits per heavy atom. The van der Waals surface area contributed by atoms with Gasteiger partial charge in [-0.2, -0.15) is 0 Å². The third kappa shape index (κ3) is 5.61. The second-order valence-electron chi connectivity index (χ2n) is 7.46. The molecule has 1 aliphatic rings. The second kappa shape index (κ2) is 9.09. The highest BCUT2D eigenvalue weighted by Crippen LogP contribution is 2.28.